The van der Waals surface area contributed by atoms with Gasteiger partial charge in [0.05, 0.1) is 6.04 Å². The van der Waals surface area contributed by atoms with Crippen molar-refractivity contribution in [2.45, 2.75) is 37.8 Å². The third kappa shape index (κ3) is 5.66. The molecule has 0 spiro atoms. The molecule has 8 heteroatoms. The molecule has 1 rings (SSSR count). The fourth-order valence-electron chi connectivity index (χ4n) is 1.89. The highest BCUT2D eigenvalue weighted by atomic mass is 16.4. The SMILES string of the molecule is NCCCC[C@@H](NCC1CC(=O)NC(=O)N1)C(=O)O. The molecule has 0 aromatic carbocycles. The average Bonchev–Trinajstić information content (AvgIpc) is 2.32. The van der Waals surface area contributed by atoms with E-state index in [4.69, 9.17) is 10.8 Å². The number of hydrogen-bond acceptors (Lipinski definition) is 5. The van der Waals surface area contributed by atoms with E-state index in [0.29, 0.717) is 13.0 Å². The van der Waals surface area contributed by atoms with Gasteiger partial charge in [-0.05, 0) is 19.4 Å². The van der Waals surface area contributed by atoms with Gasteiger partial charge in [-0.15, -0.1) is 0 Å². The molecule has 1 fully saturated rings. The number of urea groups is 1. The van der Waals surface area contributed by atoms with Crippen LogP contribution in [0.25, 0.3) is 0 Å². The highest BCUT2D eigenvalue weighted by Crippen LogP contribution is 2.03. The van der Waals surface area contributed by atoms with Crippen LogP contribution in [0.5, 0.6) is 0 Å². The molecule has 0 aliphatic carbocycles. The third-order valence-corrected chi connectivity index (χ3v) is 2.88. The van der Waals surface area contributed by atoms with Crippen LogP contribution in [0.1, 0.15) is 25.7 Å². The second kappa shape index (κ2) is 7.70. The summed E-state index contributed by atoms with van der Waals surface area (Å²) in [5.74, 6) is -1.30. The first-order valence-electron chi connectivity index (χ1n) is 6.29. The summed E-state index contributed by atoms with van der Waals surface area (Å²) >= 11 is 0. The molecule has 0 bridgehead atoms. The van der Waals surface area contributed by atoms with Crippen molar-refractivity contribution in [2.24, 2.45) is 5.73 Å². The minimum absolute atomic E-state index is 0.147. The van der Waals surface area contributed by atoms with Gasteiger partial charge >= 0.3 is 12.0 Å². The molecule has 1 aliphatic heterocycles. The Hall–Kier alpha value is -1.67. The number of nitrogens with one attached hydrogen (secondary N) is 3. The van der Waals surface area contributed by atoms with Gasteiger partial charge in [-0.1, -0.05) is 6.42 Å². The Morgan fingerprint density at radius 2 is 2.21 bits per heavy atom. The Balaban J connectivity index is 2.36. The first-order valence-corrected chi connectivity index (χ1v) is 6.29. The third-order valence-electron chi connectivity index (χ3n) is 2.88. The van der Waals surface area contributed by atoms with Gasteiger partial charge < -0.3 is 21.5 Å². The fraction of sp³-hybridized carbons (Fsp3) is 0.727. The number of amides is 3. The molecule has 3 amide bonds. The van der Waals surface area contributed by atoms with E-state index < -0.39 is 18.0 Å². The number of nitrogens with two attached hydrogens (primary N) is 1. The highest BCUT2D eigenvalue weighted by Gasteiger charge is 2.25. The molecule has 1 saturated heterocycles. The lowest BCUT2D eigenvalue weighted by Crippen LogP contribution is -2.56. The molecule has 1 heterocycles. The topological polar surface area (TPSA) is 134 Å². The summed E-state index contributed by atoms with van der Waals surface area (Å²) in [5, 5.41) is 16.6. The van der Waals surface area contributed by atoms with E-state index in [1.807, 2.05) is 0 Å². The predicted octanol–water partition coefficient (Wildman–Crippen LogP) is -1.24. The van der Waals surface area contributed by atoms with Crippen molar-refractivity contribution in [3.63, 3.8) is 0 Å². The van der Waals surface area contributed by atoms with Gasteiger partial charge in [0.15, 0.2) is 0 Å². The van der Waals surface area contributed by atoms with Crippen molar-refractivity contribution in [2.75, 3.05) is 13.1 Å². The maximum Gasteiger partial charge on any atom is 0.321 e. The summed E-state index contributed by atoms with van der Waals surface area (Å²) in [7, 11) is 0. The minimum Gasteiger partial charge on any atom is -0.480 e. The van der Waals surface area contributed by atoms with Gasteiger partial charge in [0.25, 0.3) is 0 Å². The minimum atomic E-state index is -0.941. The second-order valence-corrected chi connectivity index (χ2v) is 4.51. The van der Waals surface area contributed by atoms with Gasteiger partial charge in [-0.3, -0.25) is 14.9 Å². The highest BCUT2D eigenvalue weighted by molar-refractivity contribution is 5.97. The number of carbonyl (C=O) groups is 3. The molecular weight excluding hydrogens is 252 g/mol. The van der Waals surface area contributed by atoms with E-state index in [2.05, 4.69) is 16.0 Å². The maximum atomic E-state index is 11.1. The van der Waals surface area contributed by atoms with Gasteiger partial charge in [-0.25, -0.2) is 4.79 Å². The number of carboxylic acid groups (broad SMARTS) is 1. The van der Waals surface area contributed by atoms with Gasteiger partial charge in [-0.2, -0.15) is 0 Å². The Morgan fingerprint density at radius 1 is 1.47 bits per heavy atom. The van der Waals surface area contributed by atoms with Crippen LogP contribution in [-0.2, 0) is 9.59 Å². The Kier molecular flexibility index (Phi) is 6.23. The zero-order valence-corrected chi connectivity index (χ0v) is 10.6. The molecule has 0 aromatic rings. The number of hydrogen-bond donors (Lipinski definition) is 5. The molecule has 19 heavy (non-hydrogen) atoms. The van der Waals surface area contributed by atoms with Crippen LogP contribution in [0.3, 0.4) is 0 Å². The Bertz CT molecular complexity index is 332. The van der Waals surface area contributed by atoms with Gasteiger partial charge in [0.1, 0.15) is 6.04 Å². The van der Waals surface area contributed by atoms with E-state index >= 15 is 0 Å². The van der Waals surface area contributed by atoms with Crippen molar-refractivity contribution in [1.82, 2.24) is 16.0 Å². The standard InChI is InChI=1S/C11H20N4O4/c12-4-2-1-3-8(10(17)18)13-6-7-5-9(16)15-11(19)14-7/h7-8,13H,1-6,12H2,(H,17,18)(H2,14,15,16,19)/t7?,8-/m1/s1. The second-order valence-electron chi connectivity index (χ2n) is 4.51. The summed E-state index contributed by atoms with van der Waals surface area (Å²) in [6, 6.07) is -1.61. The van der Waals surface area contributed by atoms with Crippen molar-refractivity contribution in [3.05, 3.63) is 0 Å². The lowest BCUT2D eigenvalue weighted by molar-refractivity contribution is -0.139. The van der Waals surface area contributed by atoms with Crippen molar-refractivity contribution in [1.29, 1.82) is 0 Å². The zero-order chi connectivity index (χ0) is 14.3. The Labute approximate surface area is 111 Å². The van der Waals surface area contributed by atoms with E-state index in [1.165, 1.54) is 0 Å². The van der Waals surface area contributed by atoms with E-state index in [-0.39, 0.29) is 24.9 Å². The molecule has 0 radical (unpaired) electrons. The van der Waals surface area contributed by atoms with Crippen LogP contribution in [-0.4, -0.2) is 48.2 Å². The molecule has 1 aliphatic rings. The van der Waals surface area contributed by atoms with Crippen LogP contribution < -0.4 is 21.7 Å². The van der Waals surface area contributed by atoms with E-state index in [0.717, 1.165) is 12.8 Å². The van der Waals surface area contributed by atoms with Crippen molar-refractivity contribution < 1.29 is 19.5 Å². The van der Waals surface area contributed by atoms with Crippen LogP contribution in [0.2, 0.25) is 0 Å². The largest absolute Gasteiger partial charge is 0.480 e. The summed E-state index contributed by atoms with van der Waals surface area (Å²) in [6.45, 7) is 0.782. The number of aliphatic carboxylic acids is 1. The summed E-state index contributed by atoms with van der Waals surface area (Å²) in [4.78, 5) is 33.3. The van der Waals surface area contributed by atoms with Crippen LogP contribution >= 0.6 is 0 Å². The van der Waals surface area contributed by atoms with E-state index in [9.17, 15) is 14.4 Å². The number of unbranched alkanes of at least 4 members (excludes halogenated alkanes) is 1. The van der Waals surface area contributed by atoms with Crippen LogP contribution in [0, 0.1) is 0 Å². The molecule has 0 aromatic heterocycles. The molecule has 108 valence electrons. The maximum absolute atomic E-state index is 11.1. The lowest BCUT2D eigenvalue weighted by atomic mass is 10.1. The summed E-state index contributed by atoms with van der Waals surface area (Å²) < 4.78 is 0. The van der Waals surface area contributed by atoms with Gasteiger partial charge in [0, 0.05) is 13.0 Å². The normalized spacial score (nSPS) is 20.6. The number of carbonyl (C=O) groups excluding carboxylic acids is 2. The molecule has 2 atom stereocenters. The quantitative estimate of drug-likeness (QED) is 0.351. The Morgan fingerprint density at radius 3 is 2.79 bits per heavy atom. The first-order chi connectivity index (χ1) is 9.02. The average molecular weight is 272 g/mol. The monoisotopic (exact) mass is 272 g/mol. The molecule has 6 N–H and O–H groups in total. The molecular formula is C11H20N4O4. The van der Waals surface area contributed by atoms with Crippen LogP contribution in [0.4, 0.5) is 4.79 Å². The molecule has 0 saturated carbocycles. The van der Waals surface area contributed by atoms with Crippen LogP contribution in [0.15, 0.2) is 0 Å². The lowest BCUT2D eigenvalue weighted by Gasteiger charge is -2.25. The van der Waals surface area contributed by atoms with Crippen molar-refractivity contribution in [3.8, 4) is 0 Å². The number of imide groups is 1. The fourth-order valence-corrected chi connectivity index (χ4v) is 1.89. The van der Waals surface area contributed by atoms with E-state index in [1.54, 1.807) is 0 Å². The van der Waals surface area contributed by atoms with Crippen molar-refractivity contribution >= 4 is 17.9 Å². The number of carboxylic acids is 1. The zero-order valence-electron chi connectivity index (χ0n) is 10.6. The predicted molar refractivity (Wildman–Crippen MR) is 67.4 cm³/mol. The number of rotatable bonds is 8. The molecule has 8 nitrogen and oxygen atoms in total. The summed E-state index contributed by atoms with van der Waals surface area (Å²) in [6.07, 6.45) is 2.11. The molecule has 1 unspecified atom stereocenters. The first kappa shape index (κ1) is 15.4. The summed E-state index contributed by atoms with van der Waals surface area (Å²) in [5.41, 5.74) is 5.35. The van der Waals surface area contributed by atoms with Gasteiger partial charge in [0.2, 0.25) is 5.91 Å². The smallest absolute Gasteiger partial charge is 0.321 e.